The van der Waals surface area contributed by atoms with Crippen molar-refractivity contribution < 1.29 is 14.9 Å². The first-order chi connectivity index (χ1) is 8.57. The lowest BCUT2D eigenvalue weighted by Crippen LogP contribution is -2.46. The van der Waals surface area contributed by atoms with E-state index in [0.29, 0.717) is 13.0 Å². The van der Waals surface area contributed by atoms with Gasteiger partial charge in [0.15, 0.2) is 0 Å². The molecule has 0 fully saturated rings. The van der Waals surface area contributed by atoms with Crippen LogP contribution < -0.4 is 0 Å². The monoisotopic (exact) mass is 250 g/mol. The zero-order valence-corrected chi connectivity index (χ0v) is 11.1. The molecule has 2 atom stereocenters. The summed E-state index contributed by atoms with van der Waals surface area (Å²) in [5, 5.41) is 19.1. The van der Waals surface area contributed by atoms with Gasteiger partial charge < -0.3 is 14.9 Å². The smallest absolute Gasteiger partial charge is 0.117 e. The van der Waals surface area contributed by atoms with Crippen LogP contribution in [0.15, 0.2) is 30.8 Å². The number of hydrogen-bond acceptors (Lipinski definition) is 3. The molecule has 0 radical (unpaired) electrons. The van der Waals surface area contributed by atoms with Gasteiger partial charge in [-0.25, -0.2) is 0 Å². The van der Waals surface area contributed by atoms with Crippen LogP contribution in [0.5, 0.6) is 0 Å². The lowest BCUT2D eigenvalue weighted by Gasteiger charge is -2.33. The van der Waals surface area contributed by atoms with E-state index in [9.17, 15) is 10.2 Å². The van der Waals surface area contributed by atoms with Crippen LogP contribution in [0.3, 0.4) is 0 Å². The van der Waals surface area contributed by atoms with Crippen LogP contribution in [0.2, 0.25) is 0 Å². The molecule has 0 aliphatic carbocycles. The molecule has 3 heteroatoms. The van der Waals surface area contributed by atoms with Gasteiger partial charge in [-0.1, -0.05) is 43.8 Å². The van der Waals surface area contributed by atoms with E-state index in [4.69, 9.17) is 4.74 Å². The van der Waals surface area contributed by atoms with Crippen molar-refractivity contribution >= 4 is 6.08 Å². The molecule has 0 aliphatic heterocycles. The quantitative estimate of drug-likeness (QED) is 0.781. The Morgan fingerprint density at radius 3 is 2.39 bits per heavy atom. The van der Waals surface area contributed by atoms with Crippen LogP contribution in [-0.2, 0) is 11.3 Å². The summed E-state index contributed by atoms with van der Waals surface area (Å²) in [4.78, 5) is 0. The van der Waals surface area contributed by atoms with E-state index >= 15 is 0 Å². The topological polar surface area (TPSA) is 49.7 Å². The standard InChI is InChI=1S/C15H22O3/c1-4-13-6-8-14(9-7-13)10-18-15(5-2,11-16)12(3)17/h4,6-9,12,16-17H,1,5,10-11H2,2-3H3. The molecule has 1 aromatic rings. The van der Waals surface area contributed by atoms with Crippen molar-refractivity contribution in [2.75, 3.05) is 6.61 Å². The lowest BCUT2D eigenvalue weighted by molar-refractivity contribution is -0.151. The number of ether oxygens (including phenoxy) is 1. The molecule has 18 heavy (non-hydrogen) atoms. The van der Waals surface area contributed by atoms with Gasteiger partial charge in [0.1, 0.15) is 5.60 Å². The predicted molar refractivity (Wildman–Crippen MR) is 73.1 cm³/mol. The molecule has 100 valence electrons. The second-order valence-electron chi connectivity index (χ2n) is 4.49. The van der Waals surface area contributed by atoms with Gasteiger partial charge in [0.05, 0.1) is 19.3 Å². The average molecular weight is 250 g/mol. The van der Waals surface area contributed by atoms with Gasteiger partial charge in [0, 0.05) is 0 Å². The number of aliphatic hydroxyl groups is 2. The first kappa shape index (κ1) is 14.9. The average Bonchev–Trinajstić information content (AvgIpc) is 2.41. The highest BCUT2D eigenvalue weighted by Crippen LogP contribution is 2.22. The van der Waals surface area contributed by atoms with Gasteiger partial charge >= 0.3 is 0 Å². The van der Waals surface area contributed by atoms with Gasteiger partial charge in [-0.2, -0.15) is 0 Å². The van der Waals surface area contributed by atoms with Crippen LogP contribution >= 0.6 is 0 Å². The van der Waals surface area contributed by atoms with Crippen LogP contribution in [-0.4, -0.2) is 28.5 Å². The SMILES string of the molecule is C=Cc1ccc(COC(CC)(CO)C(C)O)cc1. The Bertz CT molecular complexity index is 364. The Morgan fingerprint density at radius 2 is 2.00 bits per heavy atom. The van der Waals surface area contributed by atoms with Crippen LogP contribution in [0.25, 0.3) is 6.08 Å². The molecule has 0 amide bonds. The van der Waals surface area contributed by atoms with E-state index in [-0.39, 0.29) is 6.61 Å². The maximum absolute atomic E-state index is 9.72. The summed E-state index contributed by atoms with van der Waals surface area (Å²) >= 11 is 0. The van der Waals surface area contributed by atoms with Gasteiger partial charge in [-0.3, -0.25) is 0 Å². The molecule has 1 rings (SSSR count). The van der Waals surface area contributed by atoms with Gasteiger partial charge in [0.25, 0.3) is 0 Å². The highest BCUT2D eigenvalue weighted by Gasteiger charge is 2.33. The zero-order chi connectivity index (χ0) is 13.6. The van der Waals surface area contributed by atoms with Crippen molar-refractivity contribution in [3.05, 3.63) is 42.0 Å². The Labute approximate surface area is 109 Å². The van der Waals surface area contributed by atoms with E-state index in [1.807, 2.05) is 31.2 Å². The predicted octanol–water partition coefficient (Wildman–Crippen LogP) is 2.37. The van der Waals surface area contributed by atoms with Crippen molar-refractivity contribution in [1.82, 2.24) is 0 Å². The third-order valence-corrected chi connectivity index (χ3v) is 3.37. The van der Waals surface area contributed by atoms with Gasteiger partial charge in [0.2, 0.25) is 0 Å². The molecule has 2 unspecified atom stereocenters. The molecule has 2 N–H and O–H groups in total. The van der Waals surface area contributed by atoms with E-state index in [1.54, 1.807) is 13.0 Å². The minimum absolute atomic E-state index is 0.189. The maximum Gasteiger partial charge on any atom is 0.117 e. The second kappa shape index (κ2) is 6.69. The third kappa shape index (κ3) is 3.42. The lowest BCUT2D eigenvalue weighted by atomic mass is 9.95. The fraction of sp³-hybridized carbons (Fsp3) is 0.467. The third-order valence-electron chi connectivity index (χ3n) is 3.37. The Hall–Kier alpha value is -1.16. The molecule has 3 nitrogen and oxygen atoms in total. The van der Waals surface area contributed by atoms with Gasteiger partial charge in [-0.05, 0) is 24.5 Å². The van der Waals surface area contributed by atoms with Crippen molar-refractivity contribution in [1.29, 1.82) is 0 Å². The van der Waals surface area contributed by atoms with E-state index in [0.717, 1.165) is 11.1 Å². The summed E-state index contributed by atoms with van der Waals surface area (Å²) in [5.41, 5.74) is 1.18. The highest BCUT2D eigenvalue weighted by molar-refractivity contribution is 5.47. The number of hydrogen-bond donors (Lipinski definition) is 2. The summed E-state index contributed by atoms with van der Waals surface area (Å²) < 4.78 is 5.72. The number of rotatable bonds is 7. The molecule has 1 aromatic carbocycles. The summed E-state index contributed by atoms with van der Waals surface area (Å²) in [5.74, 6) is 0. The second-order valence-corrected chi connectivity index (χ2v) is 4.49. The Balaban J connectivity index is 2.69. The van der Waals surface area contributed by atoms with E-state index in [2.05, 4.69) is 6.58 Å². The maximum atomic E-state index is 9.72. The van der Waals surface area contributed by atoms with Crippen molar-refractivity contribution in [3.8, 4) is 0 Å². The molecule has 0 saturated carbocycles. The van der Waals surface area contributed by atoms with E-state index < -0.39 is 11.7 Å². The van der Waals surface area contributed by atoms with Crippen molar-refractivity contribution in [3.63, 3.8) is 0 Å². The zero-order valence-electron chi connectivity index (χ0n) is 11.1. The first-order valence-corrected chi connectivity index (χ1v) is 6.22. The van der Waals surface area contributed by atoms with Gasteiger partial charge in [-0.15, -0.1) is 0 Å². The molecule has 0 aromatic heterocycles. The Kier molecular flexibility index (Phi) is 5.54. The van der Waals surface area contributed by atoms with Crippen LogP contribution in [0.4, 0.5) is 0 Å². The molecule has 0 saturated heterocycles. The first-order valence-electron chi connectivity index (χ1n) is 6.22. The molecule has 0 heterocycles. The fourth-order valence-corrected chi connectivity index (χ4v) is 1.78. The molecule has 0 spiro atoms. The molecule has 0 bridgehead atoms. The minimum atomic E-state index is -0.878. The summed E-state index contributed by atoms with van der Waals surface area (Å²) in [6, 6.07) is 7.83. The highest BCUT2D eigenvalue weighted by atomic mass is 16.5. The summed E-state index contributed by atoms with van der Waals surface area (Å²) in [6.07, 6.45) is 1.64. The largest absolute Gasteiger partial charge is 0.393 e. The Morgan fingerprint density at radius 1 is 1.39 bits per heavy atom. The molecule has 0 aliphatic rings. The number of aliphatic hydroxyl groups excluding tert-OH is 2. The molecular weight excluding hydrogens is 228 g/mol. The summed E-state index contributed by atoms with van der Waals surface area (Å²) in [7, 11) is 0. The van der Waals surface area contributed by atoms with Crippen LogP contribution in [0.1, 0.15) is 31.4 Å². The van der Waals surface area contributed by atoms with E-state index in [1.165, 1.54) is 0 Å². The minimum Gasteiger partial charge on any atom is -0.393 e. The normalized spacial score (nSPS) is 16.0. The summed E-state index contributed by atoms with van der Waals surface area (Å²) in [6.45, 7) is 7.41. The number of benzene rings is 1. The van der Waals surface area contributed by atoms with Crippen LogP contribution in [0, 0.1) is 0 Å². The fourth-order valence-electron chi connectivity index (χ4n) is 1.78. The van der Waals surface area contributed by atoms with Crippen molar-refractivity contribution in [2.24, 2.45) is 0 Å². The molecular formula is C15H22O3. The van der Waals surface area contributed by atoms with Crippen molar-refractivity contribution in [2.45, 2.75) is 38.6 Å².